The summed E-state index contributed by atoms with van der Waals surface area (Å²) in [6.07, 6.45) is 2.40. The maximum atomic E-state index is 9.36. The van der Waals surface area contributed by atoms with E-state index in [2.05, 4.69) is 33.0 Å². The highest BCUT2D eigenvalue weighted by Gasteiger charge is 2.24. The molecule has 0 aromatic rings. The van der Waals surface area contributed by atoms with Crippen molar-refractivity contribution >= 4 is 0 Å². The summed E-state index contributed by atoms with van der Waals surface area (Å²) in [5.74, 6) is 0.604. The van der Waals surface area contributed by atoms with Crippen LogP contribution in [-0.4, -0.2) is 36.5 Å². The van der Waals surface area contributed by atoms with E-state index in [9.17, 15) is 5.11 Å². The van der Waals surface area contributed by atoms with Crippen LogP contribution in [0.15, 0.2) is 0 Å². The number of hydrogen-bond acceptors (Lipinski definition) is 3. The fourth-order valence-corrected chi connectivity index (χ4v) is 1.89. The minimum absolute atomic E-state index is 0.105. The average Bonchev–Trinajstić information content (AvgIpc) is 2.17. The highest BCUT2D eigenvalue weighted by Crippen LogP contribution is 2.09. The zero-order valence-corrected chi connectivity index (χ0v) is 11.5. The molecule has 3 heteroatoms. The maximum absolute atomic E-state index is 9.36. The van der Waals surface area contributed by atoms with Gasteiger partial charge >= 0.3 is 0 Å². The quantitative estimate of drug-likeness (QED) is 0.639. The molecule has 0 saturated heterocycles. The summed E-state index contributed by atoms with van der Waals surface area (Å²) in [4.78, 5) is 0. The molecule has 0 fully saturated rings. The number of rotatable bonds is 9. The molecule has 2 unspecified atom stereocenters. The Morgan fingerprint density at radius 1 is 1.31 bits per heavy atom. The van der Waals surface area contributed by atoms with Crippen molar-refractivity contribution in [2.24, 2.45) is 5.92 Å². The molecule has 98 valence electrons. The van der Waals surface area contributed by atoms with Gasteiger partial charge in [-0.15, -0.1) is 0 Å². The Labute approximate surface area is 101 Å². The Hall–Kier alpha value is -0.120. The summed E-state index contributed by atoms with van der Waals surface area (Å²) in [5, 5.41) is 12.7. The lowest BCUT2D eigenvalue weighted by Crippen LogP contribution is -2.52. The van der Waals surface area contributed by atoms with Crippen LogP contribution in [0.25, 0.3) is 0 Å². The molecule has 0 saturated carbocycles. The third-order valence-electron chi connectivity index (χ3n) is 2.59. The number of aliphatic hydroxyl groups is 1. The molecule has 0 aliphatic rings. The van der Waals surface area contributed by atoms with Gasteiger partial charge in [0.15, 0.2) is 0 Å². The van der Waals surface area contributed by atoms with E-state index < -0.39 is 0 Å². The van der Waals surface area contributed by atoms with Gasteiger partial charge in [-0.1, -0.05) is 34.1 Å². The first kappa shape index (κ1) is 15.9. The molecule has 0 amide bonds. The third-order valence-corrected chi connectivity index (χ3v) is 2.59. The van der Waals surface area contributed by atoms with Gasteiger partial charge in [0.1, 0.15) is 0 Å². The fraction of sp³-hybridized carbons (Fsp3) is 1.00. The van der Waals surface area contributed by atoms with E-state index in [0.29, 0.717) is 18.6 Å². The van der Waals surface area contributed by atoms with Crippen LogP contribution >= 0.6 is 0 Å². The molecule has 0 aromatic carbocycles. The van der Waals surface area contributed by atoms with Crippen LogP contribution in [0.2, 0.25) is 0 Å². The van der Waals surface area contributed by atoms with E-state index >= 15 is 0 Å². The van der Waals surface area contributed by atoms with E-state index in [1.54, 1.807) is 0 Å². The van der Waals surface area contributed by atoms with Crippen molar-refractivity contribution in [2.45, 2.75) is 59.0 Å². The highest BCUT2D eigenvalue weighted by atomic mass is 16.5. The number of nitrogens with one attached hydrogen (secondary N) is 1. The maximum Gasteiger partial charge on any atom is 0.0668 e. The van der Waals surface area contributed by atoms with E-state index in [0.717, 1.165) is 6.61 Å². The third kappa shape index (κ3) is 7.20. The Balaban J connectivity index is 3.85. The van der Waals surface area contributed by atoms with Crippen molar-refractivity contribution in [2.75, 3.05) is 19.8 Å². The van der Waals surface area contributed by atoms with E-state index in [1.165, 1.54) is 12.8 Å². The molecule has 0 rings (SSSR count). The van der Waals surface area contributed by atoms with Crippen molar-refractivity contribution in [3.05, 3.63) is 0 Å². The number of ether oxygens (including phenoxy) is 1. The molecular weight excluding hydrogens is 202 g/mol. The van der Waals surface area contributed by atoms with Crippen LogP contribution < -0.4 is 5.32 Å². The number of aliphatic hydroxyl groups excluding tert-OH is 1. The van der Waals surface area contributed by atoms with Crippen molar-refractivity contribution in [3.63, 3.8) is 0 Å². The molecule has 0 radical (unpaired) electrons. The summed E-state index contributed by atoms with van der Waals surface area (Å²) in [6, 6.07) is 0.355. The van der Waals surface area contributed by atoms with Gasteiger partial charge in [0.05, 0.1) is 18.8 Å². The van der Waals surface area contributed by atoms with Crippen molar-refractivity contribution in [1.82, 2.24) is 5.32 Å². The van der Waals surface area contributed by atoms with Crippen LogP contribution in [0.4, 0.5) is 0 Å². The van der Waals surface area contributed by atoms with Gasteiger partial charge in [0, 0.05) is 12.6 Å². The Kier molecular flexibility index (Phi) is 7.98. The van der Waals surface area contributed by atoms with E-state index in [-0.39, 0.29) is 12.1 Å². The van der Waals surface area contributed by atoms with Gasteiger partial charge in [-0.3, -0.25) is 0 Å². The number of hydrogen-bond donors (Lipinski definition) is 2. The predicted octanol–water partition coefficient (Wildman–Crippen LogP) is 2.19. The summed E-state index contributed by atoms with van der Waals surface area (Å²) < 4.78 is 5.68. The lowest BCUT2D eigenvalue weighted by atomic mass is 10.0. The van der Waals surface area contributed by atoms with Gasteiger partial charge in [-0.2, -0.15) is 0 Å². The average molecular weight is 231 g/mol. The van der Waals surface area contributed by atoms with Crippen molar-refractivity contribution in [1.29, 1.82) is 0 Å². The van der Waals surface area contributed by atoms with Crippen molar-refractivity contribution in [3.8, 4) is 0 Å². The summed E-state index contributed by atoms with van der Waals surface area (Å²) in [7, 11) is 0. The van der Waals surface area contributed by atoms with Gasteiger partial charge in [0.2, 0.25) is 0 Å². The lowest BCUT2D eigenvalue weighted by molar-refractivity contribution is 0.0256. The standard InChI is InChI=1S/C13H29NO2/c1-6-7-12(4)8-16-10-13(5,9-15)14-11(2)3/h11-12,14-15H,6-10H2,1-5H3. The topological polar surface area (TPSA) is 41.5 Å². The first-order valence-corrected chi connectivity index (χ1v) is 6.40. The van der Waals surface area contributed by atoms with Crippen LogP contribution in [0.1, 0.15) is 47.5 Å². The molecule has 0 aliphatic carbocycles. The summed E-state index contributed by atoms with van der Waals surface area (Å²) >= 11 is 0. The molecular formula is C13H29NO2. The Morgan fingerprint density at radius 3 is 2.38 bits per heavy atom. The SMILES string of the molecule is CCCC(C)COCC(C)(CO)NC(C)C. The van der Waals surface area contributed by atoms with Crippen LogP contribution in [0, 0.1) is 5.92 Å². The minimum Gasteiger partial charge on any atom is -0.394 e. The second kappa shape index (κ2) is 8.04. The minimum atomic E-state index is -0.319. The van der Waals surface area contributed by atoms with Crippen LogP contribution in [0.3, 0.4) is 0 Å². The van der Waals surface area contributed by atoms with Gasteiger partial charge in [-0.25, -0.2) is 0 Å². The largest absolute Gasteiger partial charge is 0.394 e. The second-order valence-electron chi connectivity index (χ2n) is 5.43. The summed E-state index contributed by atoms with van der Waals surface area (Å²) in [5.41, 5.74) is -0.319. The van der Waals surface area contributed by atoms with E-state index in [1.807, 2.05) is 6.92 Å². The molecule has 2 N–H and O–H groups in total. The monoisotopic (exact) mass is 231 g/mol. The molecule has 0 aromatic heterocycles. The Bertz CT molecular complexity index is 173. The smallest absolute Gasteiger partial charge is 0.0668 e. The normalized spacial score (nSPS) is 17.4. The summed E-state index contributed by atoms with van der Waals surface area (Å²) in [6.45, 7) is 12.0. The molecule has 3 nitrogen and oxygen atoms in total. The molecule has 0 bridgehead atoms. The lowest BCUT2D eigenvalue weighted by Gasteiger charge is -2.31. The zero-order valence-electron chi connectivity index (χ0n) is 11.5. The van der Waals surface area contributed by atoms with Gasteiger partial charge in [0.25, 0.3) is 0 Å². The van der Waals surface area contributed by atoms with Crippen LogP contribution in [0.5, 0.6) is 0 Å². The first-order chi connectivity index (χ1) is 7.43. The fourth-order valence-electron chi connectivity index (χ4n) is 1.89. The molecule has 2 atom stereocenters. The molecule has 16 heavy (non-hydrogen) atoms. The van der Waals surface area contributed by atoms with Gasteiger partial charge < -0.3 is 15.2 Å². The van der Waals surface area contributed by atoms with Gasteiger partial charge in [-0.05, 0) is 19.3 Å². The zero-order chi connectivity index (χ0) is 12.6. The molecule has 0 spiro atoms. The Morgan fingerprint density at radius 2 is 1.94 bits per heavy atom. The molecule has 0 aliphatic heterocycles. The highest BCUT2D eigenvalue weighted by molar-refractivity contribution is 4.83. The van der Waals surface area contributed by atoms with Crippen molar-refractivity contribution < 1.29 is 9.84 Å². The predicted molar refractivity (Wildman–Crippen MR) is 68.7 cm³/mol. The second-order valence-corrected chi connectivity index (χ2v) is 5.43. The molecule has 0 heterocycles. The first-order valence-electron chi connectivity index (χ1n) is 6.40. The van der Waals surface area contributed by atoms with Crippen LogP contribution in [-0.2, 0) is 4.74 Å². The van der Waals surface area contributed by atoms with E-state index in [4.69, 9.17) is 4.74 Å².